The number of carboxylic acid groups (broad SMARTS) is 1. The second-order valence-corrected chi connectivity index (χ2v) is 4.75. The summed E-state index contributed by atoms with van der Waals surface area (Å²) in [7, 11) is 0. The Kier molecular flexibility index (Phi) is 3.50. The number of carbonyl (C=O) groups excluding carboxylic acids is 1. The summed E-state index contributed by atoms with van der Waals surface area (Å²) in [5.41, 5.74) is -1.23. The third-order valence-corrected chi connectivity index (χ3v) is 3.53. The number of carbonyl (C=O) groups is 2. The number of amides is 1. The molecule has 19 heavy (non-hydrogen) atoms. The highest BCUT2D eigenvalue weighted by molar-refractivity contribution is 5.94. The Bertz CT molecular complexity index is 527. The molecular formula is C13H13F2NO3. The SMILES string of the molecule is O=C(NCC1(C(=O)O)CCC1)c1ccc(F)cc1F. The highest BCUT2D eigenvalue weighted by Crippen LogP contribution is 2.40. The lowest BCUT2D eigenvalue weighted by Crippen LogP contribution is -2.47. The molecule has 0 saturated heterocycles. The van der Waals surface area contributed by atoms with Crippen molar-refractivity contribution in [3.05, 3.63) is 35.4 Å². The first-order valence-corrected chi connectivity index (χ1v) is 5.91. The normalized spacial score (nSPS) is 16.5. The molecular weight excluding hydrogens is 256 g/mol. The maximum Gasteiger partial charge on any atom is 0.311 e. The van der Waals surface area contributed by atoms with Crippen LogP contribution in [-0.2, 0) is 4.79 Å². The average molecular weight is 269 g/mol. The van der Waals surface area contributed by atoms with Crippen LogP contribution in [0.3, 0.4) is 0 Å². The quantitative estimate of drug-likeness (QED) is 0.878. The van der Waals surface area contributed by atoms with Gasteiger partial charge in [0.25, 0.3) is 5.91 Å². The molecule has 1 aliphatic carbocycles. The van der Waals surface area contributed by atoms with Gasteiger partial charge in [-0.15, -0.1) is 0 Å². The van der Waals surface area contributed by atoms with E-state index >= 15 is 0 Å². The summed E-state index contributed by atoms with van der Waals surface area (Å²) in [6, 6.07) is 2.63. The Morgan fingerprint density at radius 1 is 1.32 bits per heavy atom. The first-order chi connectivity index (χ1) is 8.94. The predicted molar refractivity (Wildman–Crippen MR) is 62.6 cm³/mol. The molecule has 0 atom stereocenters. The van der Waals surface area contributed by atoms with Crippen LogP contribution in [0.4, 0.5) is 8.78 Å². The molecule has 0 radical (unpaired) electrons. The molecule has 6 heteroatoms. The summed E-state index contributed by atoms with van der Waals surface area (Å²) in [6.45, 7) is -0.0437. The number of hydrogen-bond acceptors (Lipinski definition) is 2. The number of carboxylic acids is 1. The Morgan fingerprint density at radius 2 is 2.00 bits per heavy atom. The minimum Gasteiger partial charge on any atom is -0.481 e. The van der Waals surface area contributed by atoms with Gasteiger partial charge in [0.1, 0.15) is 11.6 Å². The topological polar surface area (TPSA) is 66.4 Å². The maximum atomic E-state index is 13.4. The number of aliphatic carboxylic acids is 1. The molecule has 102 valence electrons. The Balaban J connectivity index is 2.03. The first-order valence-electron chi connectivity index (χ1n) is 5.91. The third-order valence-electron chi connectivity index (χ3n) is 3.53. The minimum absolute atomic E-state index is 0.0437. The molecule has 0 bridgehead atoms. The largest absolute Gasteiger partial charge is 0.481 e. The van der Waals surface area contributed by atoms with Crippen molar-refractivity contribution in [2.45, 2.75) is 19.3 Å². The van der Waals surface area contributed by atoms with Gasteiger partial charge in [-0.1, -0.05) is 6.42 Å². The summed E-state index contributed by atoms with van der Waals surface area (Å²) < 4.78 is 26.1. The first kappa shape index (κ1) is 13.5. The van der Waals surface area contributed by atoms with Gasteiger partial charge in [0.05, 0.1) is 11.0 Å². The lowest BCUT2D eigenvalue weighted by atomic mass is 9.69. The Hall–Kier alpha value is -1.98. The van der Waals surface area contributed by atoms with Gasteiger partial charge in [-0.3, -0.25) is 9.59 Å². The van der Waals surface area contributed by atoms with Crippen molar-refractivity contribution >= 4 is 11.9 Å². The Morgan fingerprint density at radius 3 is 2.47 bits per heavy atom. The summed E-state index contributed by atoms with van der Waals surface area (Å²) in [5.74, 6) is -3.42. The third kappa shape index (κ3) is 2.57. The van der Waals surface area contributed by atoms with E-state index in [9.17, 15) is 18.4 Å². The van der Waals surface area contributed by atoms with E-state index in [-0.39, 0.29) is 12.1 Å². The highest BCUT2D eigenvalue weighted by Gasteiger charge is 2.44. The van der Waals surface area contributed by atoms with E-state index in [1.165, 1.54) is 0 Å². The van der Waals surface area contributed by atoms with Gasteiger partial charge in [-0.2, -0.15) is 0 Å². The van der Waals surface area contributed by atoms with E-state index in [1.807, 2.05) is 0 Å². The fraction of sp³-hybridized carbons (Fsp3) is 0.385. The monoisotopic (exact) mass is 269 g/mol. The number of halogens is 2. The molecule has 0 aromatic heterocycles. The summed E-state index contributed by atoms with van der Waals surface area (Å²) in [5, 5.41) is 11.5. The molecule has 1 aromatic carbocycles. The standard InChI is InChI=1S/C13H13F2NO3/c14-8-2-3-9(10(15)6-8)11(17)16-7-13(12(18)19)4-1-5-13/h2-3,6H,1,4-5,7H2,(H,16,17)(H,18,19). The van der Waals surface area contributed by atoms with Crippen molar-refractivity contribution in [2.75, 3.05) is 6.54 Å². The molecule has 1 aromatic rings. The minimum atomic E-state index is -0.963. The van der Waals surface area contributed by atoms with Gasteiger partial charge >= 0.3 is 5.97 Å². The predicted octanol–water partition coefficient (Wildman–Crippen LogP) is 1.95. The van der Waals surface area contributed by atoms with E-state index in [4.69, 9.17) is 5.11 Å². The summed E-state index contributed by atoms with van der Waals surface area (Å²) >= 11 is 0. The van der Waals surface area contributed by atoms with E-state index in [0.29, 0.717) is 18.9 Å². The molecule has 0 unspecified atom stereocenters. The van der Waals surface area contributed by atoms with E-state index < -0.39 is 28.9 Å². The van der Waals surface area contributed by atoms with Crippen LogP contribution in [0, 0.1) is 17.0 Å². The second-order valence-electron chi connectivity index (χ2n) is 4.75. The fourth-order valence-electron chi connectivity index (χ4n) is 2.09. The van der Waals surface area contributed by atoms with Crippen molar-refractivity contribution < 1.29 is 23.5 Å². The fourth-order valence-corrected chi connectivity index (χ4v) is 2.09. The number of benzene rings is 1. The molecule has 1 fully saturated rings. The van der Waals surface area contributed by atoms with Crippen molar-refractivity contribution in [1.82, 2.24) is 5.32 Å². The van der Waals surface area contributed by atoms with Gasteiger partial charge in [0, 0.05) is 12.6 Å². The van der Waals surface area contributed by atoms with Crippen LogP contribution in [0.25, 0.3) is 0 Å². The Labute approximate surface area is 108 Å². The molecule has 0 spiro atoms. The van der Waals surface area contributed by atoms with Gasteiger partial charge < -0.3 is 10.4 Å². The van der Waals surface area contributed by atoms with Crippen molar-refractivity contribution in [3.63, 3.8) is 0 Å². The summed E-state index contributed by atoms with van der Waals surface area (Å²) in [4.78, 5) is 22.8. The zero-order valence-electron chi connectivity index (χ0n) is 10.1. The van der Waals surface area contributed by atoms with Crippen LogP contribution in [0.1, 0.15) is 29.6 Å². The van der Waals surface area contributed by atoms with Crippen molar-refractivity contribution in [1.29, 1.82) is 0 Å². The summed E-state index contributed by atoms with van der Waals surface area (Å²) in [6.07, 6.45) is 1.79. The number of hydrogen-bond donors (Lipinski definition) is 2. The average Bonchev–Trinajstić information content (AvgIpc) is 2.26. The zero-order valence-corrected chi connectivity index (χ0v) is 10.1. The highest BCUT2D eigenvalue weighted by atomic mass is 19.1. The molecule has 2 rings (SSSR count). The van der Waals surface area contributed by atoms with Crippen molar-refractivity contribution in [2.24, 2.45) is 5.41 Å². The van der Waals surface area contributed by atoms with Crippen LogP contribution in [0.15, 0.2) is 18.2 Å². The molecule has 4 nitrogen and oxygen atoms in total. The second kappa shape index (κ2) is 4.95. The molecule has 2 N–H and O–H groups in total. The maximum absolute atomic E-state index is 13.4. The van der Waals surface area contributed by atoms with Crippen LogP contribution < -0.4 is 5.32 Å². The van der Waals surface area contributed by atoms with Gasteiger partial charge in [-0.05, 0) is 25.0 Å². The van der Waals surface area contributed by atoms with Crippen LogP contribution >= 0.6 is 0 Å². The van der Waals surface area contributed by atoms with Crippen LogP contribution in [0.2, 0.25) is 0 Å². The lowest BCUT2D eigenvalue weighted by Gasteiger charge is -2.37. The van der Waals surface area contributed by atoms with E-state index in [2.05, 4.69) is 5.32 Å². The molecule has 1 aliphatic rings. The van der Waals surface area contributed by atoms with E-state index in [0.717, 1.165) is 18.6 Å². The molecule has 0 heterocycles. The van der Waals surface area contributed by atoms with Gasteiger partial charge in [0.2, 0.25) is 0 Å². The van der Waals surface area contributed by atoms with Gasteiger partial charge in [0.15, 0.2) is 0 Å². The van der Waals surface area contributed by atoms with Crippen molar-refractivity contribution in [3.8, 4) is 0 Å². The smallest absolute Gasteiger partial charge is 0.311 e. The number of nitrogens with one attached hydrogen (secondary N) is 1. The van der Waals surface area contributed by atoms with E-state index in [1.54, 1.807) is 0 Å². The molecule has 1 amide bonds. The van der Waals surface area contributed by atoms with Crippen LogP contribution in [-0.4, -0.2) is 23.5 Å². The molecule has 1 saturated carbocycles. The lowest BCUT2D eigenvalue weighted by molar-refractivity contribution is -0.153. The van der Waals surface area contributed by atoms with Gasteiger partial charge in [-0.25, -0.2) is 8.78 Å². The number of rotatable bonds is 4. The zero-order chi connectivity index (χ0) is 14.0. The van der Waals surface area contributed by atoms with Crippen LogP contribution in [0.5, 0.6) is 0 Å². The molecule has 0 aliphatic heterocycles.